The maximum absolute atomic E-state index is 5.57. The molecule has 0 unspecified atom stereocenters. The molecule has 0 aliphatic carbocycles. The summed E-state index contributed by atoms with van der Waals surface area (Å²) in [6.45, 7) is 5.25. The molecule has 0 atom stereocenters. The van der Waals surface area contributed by atoms with Gasteiger partial charge in [0.15, 0.2) is 0 Å². The summed E-state index contributed by atoms with van der Waals surface area (Å²) in [5, 5.41) is 3.25. The Kier molecular flexibility index (Phi) is 4.12. The Hall–Kier alpha value is -2.10. The van der Waals surface area contributed by atoms with Crippen molar-refractivity contribution in [1.29, 1.82) is 0 Å². The molecule has 1 heterocycles. The number of hydrogen-bond acceptors (Lipinski definition) is 4. The normalized spacial score (nSPS) is 10.1. The summed E-state index contributed by atoms with van der Waals surface area (Å²) < 4.78 is 5.57. The van der Waals surface area contributed by atoms with Crippen molar-refractivity contribution in [3.63, 3.8) is 0 Å². The van der Waals surface area contributed by atoms with Crippen LogP contribution in [-0.2, 0) is 6.54 Å². The molecule has 2 rings (SSSR count). The number of aryl methyl sites for hydroxylation is 1. The Morgan fingerprint density at radius 3 is 2.83 bits per heavy atom. The fourth-order valence-corrected chi connectivity index (χ4v) is 1.68. The molecule has 0 saturated heterocycles. The zero-order chi connectivity index (χ0) is 12.8. The van der Waals surface area contributed by atoms with Gasteiger partial charge in [0.2, 0.25) is 0 Å². The lowest BCUT2D eigenvalue weighted by Crippen LogP contribution is -2.05. The van der Waals surface area contributed by atoms with Gasteiger partial charge in [0.25, 0.3) is 0 Å². The fraction of sp³-hybridized carbons (Fsp3) is 0.286. The number of rotatable bonds is 5. The van der Waals surface area contributed by atoms with Crippen LogP contribution in [0.2, 0.25) is 0 Å². The van der Waals surface area contributed by atoms with Gasteiger partial charge in [-0.25, -0.2) is 4.98 Å². The van der Waals surface area contributed by atoms with Crippen LogP contribution in [-0.4, -0.2) is 16.6 Å². The maximum Gasteiger partial charge on any atom is 0.145 e. The molecule has 1 N–H and O–H groups in total. The summed E-state index contributed by atoms with van der Waals surface area (Å²) in [4.78, 5) is 8.45. The Bertz CT molecular complexity index is 514. The highest BCUT2D eigenvalue weighted by Crippen LogP contribution is 2.18. The number of para-hydroxylation sites is 1. The molecule has 4 heteroatoms. The van der Waals surface area contributed by atoms with E-state index in [-0.39, 0.29) is 0 Å². The quantitative estimate of drug-likeness (QED) is 0.877. The summed E-state index contributed by atoms with van der Waals surface area (Å²) in [7, 11) is 0. The molecule has 4 nitrogen and oxygen atoms in total. The van der Waals surface area contributed by atoms with Crippen molar-refractivity contribution >= 4 is 5.82 Å². The van der Waals surface area contributed by atoms with E-state index >= 15 is 0 Å². The van der Waals surface area contributed by atoms with Gasteiger partial charge in [-0.15, -0.1) is 0 Å². The summed E-state index contributed by atoms with van der Waals surface area (Å²) in [6, 6.07) is 7.99. The molecule has 18 heavy (non-hydrogen) atoms. The SMILES string of the molecule is CCOc1ccccc1CNc1cncc(C)n1. The van der Waals surface area contributed by atoms with E-state index < -0.39 is 0 Å². The number of nitrogens with zero attached hydrogens (tertiary/aromatic N) is 2. The average molecular weight is 243 g/mol. The molecule has 1 aromatic heterocycles. The van der Waals surface area contributed by atoms with Crippen LogP contribution in [0.5, 0.6) is 5.75 Å². The number of benzene rings is 1. The largest absolute Gasteiger partial charge is 0.494 e. The van der Waals surface area contributed by atoms with E-state index in [1.165, 1.54) is 0 Å². The van der Waals surface area contributed by atoms with Crippen LogP contribution in [0, 0.1) is 6.92 Å². The van der Waals surface area contributed by atoms with Crippen LogP contribution in [0.4, 0.5) is 5.82 Å². The van der Waals surface area contributed by atoms with Gasteiger partial charge in [0, 0.05) is 18.3 Å². The van der Waals surface area contributed by atoms with E-state index in [1.54, 1.807) is 12.4 Å². The highest BCUT2D eigenvalue weighted by Gasteiger charge is 2.02. The first kappa shape index (κ1) is 12.4. The fourth-order valence-electron chi connectivity index (χ4n) is 1.68. The number of hydrogen-bond donors (Lipinski definition) is 1. The van der Waals surface area contributed by atoms with E-state index in [4.69, 9.17) is 4.74 Å². The zero-order valence-corrected chi connectivity index (χ0v) is 10.7. The van der Waals surface area contributed by atoms with Crippen LogP contribution >= 0.6 is 0 Å². The summed E-state index contributed by atoms with van der Waals surface area (Å²) in [5.74, 6) is 1.69. The van der Waals surface area contributed by atoms with Crippen molar-refractivity contribution in [3.05, 3.63) is 47.9 Å². The maximum atomic E-state index is 5.57. The third-order valence-corrected chi connectivity index (χ3v) is 2.49. The topological polar surface area (TPSA) is 47.0 Å². The third kappa shape index (κ3) is 3.20. The molecule has 94 valence electrons. The molecule has 0 bridgehead atoms. The molecular weight excluding hydrogens is 226 g/mol. The second-order valence-electron chi connectivity index (χ2n) is 3.94. The van der Waals surface area contributed by atoms with Crippen LogP contribution in [0.25, 0.3) is 0 Å². The van der Waals surface area contributed by atoms with Gasteiger partial charge in [-0.05, 0) is 19.9 Å². The smallest absolute Gasteiger partial charge is 0.145 e. The number of nitrogens with one attached hydrogen (secondary N) is 1. The Morgan fingerprint density at radius 1 is 1.22 bits per heavy atom. The second kappa shape index (κ2) is 6.00. The summed E-state index contributed by atoms with van der Waals surface area (Å²) in [6.07, 6.45) is 3.45. The lowest BCUT2D eigenvalue weighted by molar-refractivity contribution is 0.337. The van der Waals surface area contributed by atoms with E-state index in [0.29, 0.717) is 13.2 Å². The van der Waals surface area contributed by atoms with Gasteiger partial charge < -0.3 is 10.1 Å². The molecule has 0 radical (unpaired) electrons. The first-order valence-electron chi connectivity index (χ1n) is 6.03. The third-order valence-electron chi connectivity index (χ3n) is 2.49. The standard InChI is InChI=1S/C14H17N3O/c1-3-18-13-7-5-4-6-12(13)9-16-14-10-15-8-11(2)17-14/h4-8,10H,3,9H2,1-2H3,(H,16,17). The molecule has 0 saturated carbocycles. The number of ether oxygens (including phenoxy) is 1. The van der Waals surface area contributed by atoms with Gasteiger partial charge in [-0.1, -0.05) is 18.2 Å². The number of aromatic nitrogens is 2. The molecule has 2 aromatic rings. The summed E-state index contributed by atoms with van der Waals surface area (Å²) >= 11 is 0. The molecule has 1 aromatic carbocycles. The van der Waals surface area contributed by atoms with E-state index in [2.05, 4.69) is 15.3 Å². The molecule has 0 fully saturated rings. The molecule has 0 amide bonds. The van der Waals surface area contributed by atoms with Gasteiger partial charge in [0.05, 0.1) is 18.5 Å². The zero-order valence-electron chi connectivity index (χ0n) is 10.7. The van der Waals surface area contributed by atoms with Crippen molar-refractivity contribution in [3.8, 4) is 5.75 Å². The van der Waals surface area contributed by atoms with Crippen LogP contribution < -0.4 is 10.1 Å². The van der Waals surface area contributed by atoms with E-state index in [1.807, 2.05) is 38.1 Å². The van der Waals surface area contributed by atoms with Gasteiger partial charge in [0.1, 0.15) is 11.6 Å². The minimum absolute atomic E-state index is 0.668. The van der Waals surface area contributed by atoms with Crippen molar-refractivity contribution in [2.75, 3.05) is 11.9 Å². The lowest BCUT2D eigenvalue weighted by atomic mass is 10.2. The Labute approximate surface area is 107 Å². The van der Waals surface area contributed by atoms with E-state index in [0.717, 1.165) is 22.8 Å². The lowest BCUT2D eigenvalue weighted by Gasteiger charge is -2.11. The predicted molar refractivity (Wildman–Crippen MR) is 71.7 cm³/mol. The van der Waals surface area contributed by atoms with Crippen LogP contribution in [0.3, 0.4) is 0 Å². The average Bonchev–Trinajstić information content (AvgIpc) is 2.38. The van der Waals surface area contributed by atoms with Crippen molar-refractivity contribution in [1.82, 2.24) is 9.97 Å². The molecule has 0 aliphatic rings. The minimum Gasteiger partial charge on any atom is -0.494 e. The second-order valence-corrected chi connectivity index (χ2v) is 3.94. The van der Waals surface area contributed by atoms with Gasteiger partial charge in [-0.3, -0.25) is 4.98 Å². The van der Waals surface area contributed by atoms with Crippen molar-refractivity contribution in [2.45, 2.75) is 20.4 Å². The highest BCUT2D eigenvalue weighted by atomic mass is 16.5. The minimum atomic E-state index is 0.668. The van der Waals surface area contributed by atoms with Crippen LogP contribution in [0.1, 0.15) is 18.2 Å². The Balaban J connectivity index is 2.06. The highest BCUT2D eigenvalue weighted by molar-refractivity contribution is 5.38. The van der Waals surface area contributed by atoms with Crippen LogP contribution in [0.15, 0.2) is 36.7 Å². The predicted octanol–water partition coefficient (Wildman–Crippen LogP) is 2.80. The van der Waals surface area contributed by atoms with Gasteiger partial charge in [-0.2, -0.15) is 0 Å². The van der Waals surface area contributed by atoms with Crippen molar-refractivity contribution in [2.24, 2.45) is 0 Å². The molecule has 0 aliphatic heterocycles. The number of anilines is 1. The first-order valence-corrected chi connectivity index (χ1v) is 6.03. The molecule has 0 spiro atoms. The van der Waals surface area contributed by atoms with Gasteiger partial charge >= 0.3 is 0 Å². The van der Waals surface area contributed by atoms with E-state index in [9.17, 15) is 0 Å². The van der Waals surface area contributed by atoms with Crippen molar-refractivity contribution < 1.29 is 4.74 Å². The monoisotopic (exact) mass is 243 g/mol. The first-order chi connectivity index (χ1) is 8.79. The summed E-state index contributed by atoms with van der Waals surface area (Å²) in [5.41, 5.74) is 2.01. The Morgan fingerprint density at radius 2 is 2.06 bits per heavy atom. The molecular formula is C14H17N3O.